The summed E-state index contributed by atoms with van der Waals surface area (Å²) >= 11 is 0. The summed E-state index contributed by atoms with van der Waals surface area (Å²) in [4.78, 5) is 8.87. The van der Waals surface area contributed by atoms with E-state index in [2.05, 4.69) is 28.2 Å². The van der Waals surface area contributed by atoms with Gasteiger partial charge in [-0.15, -0.1) is 0 Å². The Morgan fingerprint density at radius 3 is 2.67 bits per heavy atom. The van der Waals surface area contributed by atoms with Crippen molar-refractivity contribution < 1.29 is 5.11 Å². The second-order valence-corrected chi connectivity index (χ2v) is 6.25. The number of nitrogens with two attached hydrogens (primary N) is 1. The van der Waals surface area contributed by atoms with Gasteiger partial charge in [0.25, 0.3) is 0 Å². The van der Waals surface area contributed by atoms with Gasteiger partial charge in [-0.25, -0.2) is 4.98 Å². The summed E-state index contributed by atoms with van der Waals surface area (Å²) < 4.78 is 0. The summed E-state index contributed by atoms with van der Waals surface area (Å²) in [7, 11) is 0. The molecule has 3 aromatic rings. The Morgan fingerprint density at radius 2 is 1.95 bits per heavy atom. The minimum atomic E-state index is -0.764. The molecule has 0 unspecified atom stereocenters. The van der Waals surface area contributed by atoms with Gasteiger partial charge in [0.05, 0.1) is 11.1 Å². The van der Waals surface area contributed by atoms with Crippen molar-refractivity contribution in [3.8, 4) is 0 Å². The monoisotopic (exact) mass is 281 g/mol. The number of nitrogens with zero attached hydrogens (tertiary/aromatic N) is 2. The maximum Gasteiger partial charge on any atom is 0.150 e. The third-order valence-electron chi connectivity index (χ3n) is 3.51. The van der Waals surface area contributed by atoms with Crippen LogP contribution >= 0.6 is 0 Å². The lowest BCUT2D eigenvalue weighted by Crippen LogP contribution is -2.21. The van der Waals surface area contributed by atoms with E-state index in [4.69, 9.17) is 5.73 Å². The van der Waals surface area contributed by atoms with Crippen molar-refractivity contribution in [1.29, 1.82) is 0 Å². The standard InChI is InChI=1S/C17H19N3O/c1-10-4-5-12-13-7-11(8-17(2,3)21)9-19-15(13)16(18)20-14(12)6-10/h4-7,9,21H,8H2,1-3H3,(H2,18,20). The molecule has 4 nitrogen and oxygen atoms in total. The molecule has 0 radical (unpaired) electrons. The number of rotatable bonds is 2. The zero-order chi connectivity index (χ0) is 15.2. The van der Waals surface area contributed by atoms with Gasteiger partial charge in [0, 0.05) is 23.4 Å². The molecule has 3 rings (SSSR count). The van der Waals surface area contributed by atoms with Crippen LogP contribution in [0.2, 0.25) is 0 Å². The minimum Gasteiger partial charge on any atom is -0.390 e. The highest BCUT2D eigenvalue weighted by atomic mass is 16.3. The first-order chi connectivity index (χ1) is 9.83. The van der Waals surface area contributed by atoms with Crippen molar-refractivity contribution in [1.82, 2.24) is 9.97 Å². The largest absolute Gasteiger partial charge is 0.390 e. The topological polar surface area (TPSA) is 72.0 Å². The zero-order valence-electron chi connectivity index (χ0n) is 12.5. The maximum atomic E-state index is 9.98. The van der Waals surface area contributed by atoms with E-state index < -0.39 is 5.60 Å². The number of benzene rings is 1. The summed E-state index contributed by atoms with van der Waals surface area (Å²) in [5.74, 6) is 0.443. The molecule has 3 N–H and O–H groups in total. The smallest absolute Gasteiger partial charge is 0.150 e. The fraction of sp³-hybridized carbons (Fsp3) is 0.294. The van der Waals surface area contributed by atoms with Gasteiger partial charge in [-0.05, 0) is 44.0 Å². The number of fused-ring (bicyclic) bond motifs is 3. The molecule has 2 aromatic heterocycles. The van der Waals surface area contributed by atoms with Gasteiger partial charge < -0.3 is 10.8 Å². The SMILES string of the molecule is Cc1ccc2c(c1)nc(N)c1ncc(CC(C)(C)O)cc12. The van der Waals surface area contributed by atoms with Gasteiger partial charge in [0.2, 0.25) is 0 Å². The van der Waals surface area contributed by atoms with Crippen molar-refractivity contribution >= 4 is 27.6 Å². The highest BCUT2D eigenvalue weighted by molar-refractivity contribution is 6.08. The van der Waals surface area contributed by atoms with Crippen LogP contribution in [0.1, 0.15) is 25.0 Å². The Morgan fingerprint density at radius 1 is 1.19 bits per heavy atom. The van der Waals surface area contributed by atoms with E-state index in [0.29, 0.717) is 17.8 Å². The van der Waals surface area contributed by atoms with E-state index in [1.165, 1.54) is 0 Å². The first-order valence-corrected chi connectivity index (χ1v) is 7.00. The van der Waals surface area contributed by atoms with Gasteiger partial charge in [0.15, 0.2) is 5.82 Å². The first kappa shape index (κ1) is 13.8. The van der Waals surface area contributed by atoms with Crippen molar-refractivity contribution in [3.05, 3.63) is 41.6 Å². The molecule has 0 aliphatic rings. The Labute approximate surface area is 123 Å². The molecule has 0 amide bonds. The Balaban J connectivity index is 2.29. The Bertz CT molecular complexity index is 835. The molecule has 4 heteroatoms. The highest BCUT2D eigenvalue weighted by Crippen LogP contribution is 2.28. The molecule has 0 bridgehead atoms. The van der Waals surface area contributed by atoms with Crippen LogP contribution in [0.4, 0.5) is 5.82 Å². The molecular formula is C17H19N3O. The van der Waals surface area contributed by atoms with Crippen LogP contribution in [-0.2, 0) is 6.42 Å². The average Bonchev–Trinajstić information content (AvgIpc) is 2.36. The predicted molar refractivity (Wildman–Crippen MR) is 86.2 cm³/mol. The van der Waals surface area contributed by atoms with E-state index >= 15 is 0 Å². The molecule has 0 saturated heterocycles. The summed E-state index contributed by atoms with van der Waals surface area (Å²) in [6, 6.07) is 8.18. The lowest BCUT2D eigenvalue weighted by molar-refractivity contribution is 0.0809. The number of hydrogen-bond donors (Lipinski definition) is 2. The third-order valence-corrected chi connectivity index (χ3v) is 3.51. The first-order valence-electron chi connectivity index (χ1n) is 7.00. The number of aryl methyl sites for hydroxylation is 1. The number of pyridine rings is 2. The Kier molecular flexibility index (Phi) is 3.06. The highest BCUT2D eigenvalue weighted by Gasteiger charge is 2.15. The van der Waals surface area contributed by atoms with E-state index in [0.717, 1.165) is 27.4 Å². The van der Waals surface area contributed by atoms with Gasteiger partial charge in [-0.1, -0.05) is 12.1 Å². The summed E-state index contributed by atoms with van der Waals surface area (Å²) in [6.45, 7) is 5.61. The van der Waals surface area contributed by atoms with Gasteiger partial charge in [-0.2, -0.15) is 0 Å². The molecule has 0 aliphatic carbocycles. The van der Waals surface area contributed by atoms with Crippen LogP contribution in [0.3, 0.4) is 0 Å². The van der Waals surface area contributed by atoms with Crippen molar-refractivity contribution in [2.75, 3.05) is 5.73 Å². The molecule has 21 heavy (non-hydrogen) atoms. The van der Waals surface area contributed by atoms with Gasteiger partial charge in [-0.3, -0.25) is 4.98 Å². The molecular weight excluding hydrogens is 262 g/mol. The van der Waals surface area contributed by atoms with Crippen LogP contribution in [-0.4, -0.2) is 20.7 Å². The minimum absolute atomic E-state index is 0.443. The number of hydrogen-bond acceptors (Lipinski definition) is 4. The van der Waals surface area contributed by atoms with Crippen LogP contribution in [0.15, 0.2) is 30.5 Å². The fourth-order valence-electron chi connectivity index (χ4n) is 2.66. The lowest BCUT2D eigenvalue weighted by atomic mass is 9.98. The van der Waals surface area contributed by atoms with E-state index in [1.54, 1.807) is 20.0 Å². The Hall–Kier alpha value is -2.20. The summed E-state index contributed by atoms with van der Waals surface area (Å²) in [5, 5.41) is 12.0. The van der Waals surface area contributed by atoms with Crippen molar-refractivity contribution in [2.45, 2.75) is 32.8 Å². The zero-order valence-corrected chi connectivity index (χ0v) is 12.5. The molecule has 108 valence electrons. The number of anilines is 1. The fourth-order valence-corrected chi connectivity index (χ4v) is 2.66. The molecule has 2 heterocycles. The molecule has 0 spiro atoms. The average molecular weight is 281 g/mol. The van der Waals surface area contributed by atoms with E-state index in [1.807, 2.05) is 13.0 Å². The lowest BCUT2D eigenvalue weighted by Gasteiger charge is -2.17. The van der Waals surface area contributed by atoms with Crippen LogP contribution in [0, 0.1) is 6.92 Å². The van der Waals surface area contributed by atoms with Crippen LogP contribution in [0.5, 0.6) is 0 Å². The third kappa shape index (κ3) is 2.67. The summed E-state index contributed by atoms with van der Waals surface area (Å²) in [6.07, 6.45) is 2.31. The molecule has 1 aromatic carbocycles. The number of aromatic nitrogens is 2. The van der Waals surface area contributed by atoms with Crippen LogP contribution in [0.25, 0.3) is 21.8 Å². The van der Waals surface area contributed by atoms with E-state index in [9.17, 15) is 5.11 Å². The number of aliphatic hydroxyl groups is 1. The van der Waals surface area contributed by atoms with Crippen molar-refractivity contribution in [2.24, 2.45) is 0 Å². The normalized spacial score (nSPS) is 12.2. The quantitative estimate of drug-likeness (QED) is 0.708. The van der Waals surface area contributed by atoms with Gasteiger partial charge in [0.1, 0.15) is 5.52 Å². The predicted octanol–water partition coefficient (Wildman–Crippen LogP) is 2.99. The second kappa shape index (κ2) is 4.67. The van der Waals surface area contributed by atoms with E-state index in [-0.39, 0.29) is 0 Å². The van der Waals surface area contributed by atoms with Crippen LogP contribution < -0.4 is 5.73 Å². The molecule has 0 fully saturated rings. The molecule has 0 aliphatic heterocycles. The second-order valence-electron chi connectivity index (χ2n) is 6.25. The van der Waals surface area contributed by atoms with Crippen molar-refractivity contribution in [3.63, 3.8) is 0 Å². The molecule has 0 saturated carbocycles. The maximum absolute atomic E-state index is 9.98. The number of nitrogen functional groups attached to an aromatic ring is 1. The molecule has 0 atom stereocenters. The van der Waals surface area contributed by atoms with Gasteiger partial charge >= 0.3 is 0 Å². The summed E-state index contributed by atoms with van der Waals surface area (Å²) in [5.41, 5.74) is 8.99.